The Morgan fingerprint density at radius 3 is 1.87 bits per heavy atom. The van der Waals surface area contributed by atoms with Crippen LogP contribution in [-0.4, -0.2) is 12.6 Å². The van der Waals surface area contributed by atoms with Crippen LogP contribution in [0.1, 0.15) is 48.0 Å². The molecule has 0 unspecified atom stereocenters. The molecule has 1 aliphatic carbocycles. The fraction of sp³-hybridized carbons (Fsp3) is 0.714. The van der Waals surface area contributed by atoms with Crippen molar-refractivity contribution < 1.29 is 0 Å². The Hall–Kier alpha value is -0.560. The maximum absolute atomic E-state index is 3.50. The number of hydrogen-bond acceptors (Lipinski definition) is 1. The Kier molecular flexibility index (Phi) is 4.15. The Morgan fingerprint density at radius 1 is 1.00 bits per heavy atom. The van der Waals surface area contributed by atoms with E-state index in [0.717, 1.165) is 6.54 Å². The normalized spacial score (nSPS) is 18.6. The summed E-state index contributed by atoms with van der Waals surface area (Å²) in [5, 5.41) is 3.50. The fourth-order valence-corrected chi connectivity index (χ4v) is 2.39. The topological polar surface area (TPSA) is 12.0 Å². The van der Waals surface area contributed by atoms with E-state index in [4.69, 9.17) is 0 Å². The second-order valence-electron chi connectivity index (χ2n) is 5.07. The zero-order valence-corrected chi connectivity index (χ0v) is 11.1. The van der Waals surface area contributed by atoms with Crippen LogP contribution in [0.2, 0.25) is 0 Å². The molecule has 0 amide bonds. The van der Waals surface area contributed by atoms with Crippen LogP contribution >= 0.6 is 0 Å². The monoisotopic (exact) mass is 207 g/mol. The summed E-state index contributed by atoms with van der Waals surface area (Å²) in [5.41, 5.74) is 6.19. The Morgan fingerprint density at radius 2 is 1.47 bits per heavy atom. The molecule has 0 radical (unpaired) electrons. The van der Waals surface area contributed by atoms with E-state index in [9.17, 15) is 0 Å². The summed E-state index contributed by atoms with van der Waals surface area (Å²) in [4.78, 5) is 0. The van der Waals surface area contributed by atoms with Crippen LogP contribution in [0.4, 0.5) is 0 Å². The standard InChI is InChI=1S/C14H25N/c1-9(2)15-8-7-14-12(5)10(3)11(4)13(14)6/h9,14-15H,7-8H2,1-6H3. The van der Waals surface area contributed by atoms with Crippen molar-refractivity contribution in [3.63, 3.8) is 0 Å². The van der Waals surface area contributed by atoms with Crippen LogP contribution in [0.3, 0.4) is 0 Å². The zero-order chi connectivity index (χ0) is 11.6. The fourth-order valence-electron chi connectivity index (χ4n) is 2.39. The van der Waals surface area contributed by atoms with Gasteiger partial charge < -0.3 is 5.32 Å². The summed E-state index contributed by atoms with van der Waals surface area (Å²) in [7, 11) is 0. The third kappa shape index (κ3) is 2.72. The molecule has 1 nitrogen and oxygen atoms in total. The first-order valence-electron chi connectivity index (χ1n) is 6.03. The lowest BCUT2D eigenvalue weighted by Gasteiger charge is -2.16. The molecule has 0 fully saturated rings. The van der Waals surface area contributed by atoms with Crippen LogP contribution in [0.25, 0.3) is 0 Å². The molecule has 86 valence electrons. The quantitative estimate of drug-likeness (QED) is 0.741. The SMILES string of the molecule is CC1=C(C)C(CCNC(C)C)C(C)=C1C. The number of allylic oxidation sites excluding steroid dienone is 4. The summed E-state index contributed by atoms with van der Waals surface area (Å²) >= 11 is 0. The van der Waals surface area contributed by atoms with Crippen LogP contribution in [0.5, 0.6) is 0 Å². The molecule has 0 aromatic carbocycles. The van der Waals surface area contributed by atoms with E-state index in [1.165, 1.54) is 17.6 Å². The van der Waals surface area contributed by atoms with Gasteiger partial charge in [-0.15, -0.1) is 0 Å². The molecular formula is C14H25N. The van der Waals surface area contributed by atoms with Crippen molar-refractivity contribution in [1.29, 1.82) is 0 Å². The van der Waals surface area contributed by atoms with Crippen LogP contribution in [0.15, 0.2) is 22.3 Å². The second-order valence-corrected chi connectivity index (χ2v) is 5.07. The maximum atomic E-state index is 3.50. The molecule has 1 aliphatic rings. The van der Waals surface area contributed by atoms with E-state index in [1.807, 2.05) is 0 Å². The highest BCUT2D eigenvalue weighted by molar-refractivity contribution is 5.46. The molecule has 0 heterocycles. The van der Waals surface area contributed by atoms with Crippen LogP contribution in [0, 0.1) is 5.92 Å². The Balaban J connectivity index is 2.57. The predicted octanol–water partition coefficient (Wildman–Crippen LogP) is 3.68. The lowest BCUT2D eigenvalue weighted by atomic mass is 9.93. The van der Waals surface area contributed by atoms with Crippen molar-refractivity contribution in [2.75, 3.05) is 6.54 Å². The van der Waals surface area contributed by atoms with Crippen molar-refractivity contribution in [2.45, 2.75) is 54.0 Å². The maximum Gasteiger partial charge on any atom is 0.00251 e. The van der Waals surface area contributed by atoms with Crippen molar-refractivity contribution in [2.24, 2.45) is 5.92 Å². The molecule has 0 aromatic heterocycles. The van der Waals surface area contributed by atoms with E-state index in [0.29, 0.717) is 12.0 Å². The molecule has 0 aliphatic heterocycles. The van der Waals surface area contributed by atoms with Gasteiger partial charge in [-0.1, -0.05) is 25.0 Å². The number of rotatable bonds is 4. The second kappa shape index (κ2) is 4.98. The van der Waals surface area contributed by atoms with Gasteiger partial charge in [0.1, 0.15) is 0 Å². The van der Waals surface area contributed by atoms with E-state index in [1.54, 1.807) is 11.1 Å². The summed E-state index contributed by atoms with van der Waals surface area (Å²) in [6, 6.07) is 0.599. The van der Waals surface area contributed by atoms with Gasteiger partial charge in [0.2, 0.25) is 0 Å². The first-order valence-corrected chi connectivity index (χ1v) is 6.03. The van der Waals surface area contributed by atoms with Gasteiger partial charge in [0.05, 0.1) is 0 Å². The third-order valence-electron chi connectivity index (χ3n) is 3.78. The lowest BCUT2D eigenvalue weighted by molar-refractivity contribution is 0.530. The molecule has 0 saturated heterocycles. The minimum absolute atomic E-state index is 0.599. The minimum Gasteiger partial charge on any atom is -0.314 e. The van der Waals surface area contributed by atoms with E-state index >= 15 is 0 Å². The highest BCUT2D eigenvalue weighted by Gasteiger charge is 2.23. The average Bonchev–Trinajstić information content (AvgIpc) is 2.34. The van der Waals surface area contributed by atoms with E-state index in [2.05, 4.69) is 46.9 Å². The minimum atomic E-state index is 0.599. The highest BCUT2D eigenvalue weighted by atomic mass is 14.9. The molecule has 0 bridgehead atoms. The van der Waals surface area contributed by atoms with Gasteiger partial charge in [-0.2, -0.15) is 0 Å². The highest BCUT2D eigenvalue weighted by Crippen LogP contribution is 2.38. The van der Waals surface area contributed by atoms with Gasteiger partial charge in [0, 0.05) is 12.0 Å². The molecule has 15 heavy (non-hydrogen) atoms. The molecular weight excluding hydrogens is 182 g/mol. The van der Waals surface area contributed by atoms with Gasteiger partial charge >= 0.3 is 0 Å². The molecule has 1 heteroatoms. The molecule has 0 saturated carbocycles. The lowest BCUT2D eigenvalue weighted by Crippen LogP contribution is -2.25. The van der Waals surface area contributed by atoms with Gasteiger partial charge in [-0.25, -0.2) is 0 Å². The van der Waals surface area contributed by atoms with Gasteiger partial charge in [-0.3, -0.25) is 0 Å². The zero-order valence-electron chi connectivity index (χ0n) is 11.1. The van der Waals surface area contributed by atoms with Crippen LogP contribution < -0.4 is 5.32 Å². The van der Waals surface area contributed by atoms with Crippen molar-refractivity contribution in [3.05, 3.63) is 22.3 Å². The largest absolute Gasteiger partial charge is 0.314 e. The molecule has 0 spiro atoms. The predicted molar refractivity (Wildman–Crippen MR) is 68.0 cm³/mol. The first kappa shape index (κ1) is 12.5. The third-order valence-corrected chi connectivity index (χ3v) is 3.78. The number of hydrogen-bond donors (Lipinski definition) is 1. The molecule has 0 atom stereocenters. The summed E-state index contributed by atoms with van der Waals surface area (Å²) in [6.45, 7) is 14.6. The first-order chi connectivity index (χ1) is 6.95. The summed E-state index contributed by atoms with van der Waals surface area (Å²) < 4.78 is 0. The van der Waals surface area contributed by atoms with Gasteiger partial charge in [0.25, 0.3) is 0 Å². The van der Waals surface area contributed by atoms with Gasteiger partial charge in [-0.05, 0) is 51.8 Å². The molecule has 1 rings (SSSR count). The van der Waals surface area contributed by atoms with Crippen molar-refractivity contribution in [3.8, 4) is 0 Å². The van der Waals surface area contributed by atoms with Crippen LogP contribution in [-0.2, 0) is 0 Å². The number of nitrogens with one attached hydrogen (secondary N) is 1. The Labute approximate surface area is 94.6 Å². The van der Waals surface area contributed by atoms with E-state index in [-0.39, 0.29) is 0 Å². The van der Waals surface area contributed by atoms with E-state index < -0.39 is 0 Å². The van der Waals surface area contributed by atoms with Crippen molar-refractivity contribution in [1.82, 2.24) is 5.32 Å². The van der Waals surface area contributed by atoms with Gasteiger partial charge in [0.15, 0.2) is 0 Å². The molecule has 0 aromatic rings. The smallest absolute Gasteiger partial charge is 0.00251 e. The van der Waals surface area contributed by atoms with Crippen molar-refractivity contribution >= 4 is 0 Å². The average molecular weight is 207 g/mol. The summed E-state index contributed by atoms with van der Waals surface area (Å²) in [6.07, 6.45) is 1.24. The molecule has 1 N–H and O–H groups in total. The Bertz CT molecular complexity index is 270. The summed E-state index contributed by atoms with van der Waals surface area (Å²) in [5.74, 6) is 0.691.